The van der Waals surface area contributed by atoms with E-state index in [1.165, 1.54) is 5.56 Å². The third-order valence-electron chi connectivity index (χ3n) is 2.95. The van der Waals surface area contributed by atoms with Gasteiger partial charge in [-0.15, -0.1) is 12.4 Å². The van der Waals surface area contributed by atoms with Crippen LogP contribution in [0.25, 0.3) is 0 Å². The van der Waals surface area contributed by atoms with Gasteiger partial charge in [0, 0.05) is 12.2 Å². The van der Waals surface area contributed by atoms with Crippen molar-refractivity contribution >= 4 is 24.0 Å². The molecule has 17 heavy (non-hydrogen) atoms. The molecule has 0 aliphatic carbocycles. The Kier molecular flexibility index (Phi) is 5.45. The molecule has 3 nitrogen and oxygen atoms in total. The molecule has 1 aliphatic heterocycles. The highest BCUT2D eigenvalue weighted by molar-refractivity contribution is 5.92. The molecule has 0 aromatic heterocycles. The number of piperidine rings is 1. The lowest BCUT2D eigenvalue weighted by Crippen LogP contribution is -2.37. The van der Waals surface area contributed by atoms with Gasteiger partial charge in [-0.2, -0.15) is 0 Å². The smallest absolute Gasteiger partial charge is 0.228 e. The van der Waals surface area contributed by atoms with Crippen LogP contribution in [0, 0.1) is 12.8 Å². The Hall–Kier alpha value is -1.06. The molecule has 0 spiro atoms. The first-order valence-corrected chi connectivity index (χ1v) is 5.84. The SMILES string of the molecule is Cc1cccc(NC(=O)C2CCCNC2)c1.Cl. The second-order valence-corrected chi connectivity index (χ2v) is 4.40. The monoisotopic (exact) mass is 254 g/mol. The van der Waals surface area contributed by atoms with Crippen LogP contribution < -0.4 is 10.6 Å². The number of amides is 1. The zero-order valence-electron chi connectivity index (χ0n) is 10.0. The van der Waals surface area contributed by atoms with Gasteiger partial charge in [-0.05, 0) is 44.0 Å². The standard InChI is InChI=1S/C13H18N2O.ClH/c1-10-4-2-6-12(8-10)15-13(16)11-5-3-7-14-9-11;/h2,4,6,8,11,14H,3,5,7,9H2,1H3,(H,15,16);1H. The Balaban J connectivity index is 0.00000144. The molecule has 1 heterocycles. The van der Waals surface area contributed by atoms with Gasteiger partial charge in [-0.3, -0.25) is 4.79 Å². The molecule has 1 saturated heterocycles. The molecular weight excluding hydrogens is 236 g/mol. The highest BCUT2D eigenvalue weighted by atomic mass is 35.5. The Morgan fingerprint density at radius 3 is 2.94 bits per heavy atom. The van der Waals surface area contributed by atoms with Crippen molar-refractivity contribution in [2.75, 3.05) is 18.4 Å². The van der Waals surface area contributed by atoms with E-state index < -0.39 is 0 Å². The van der Waals surface area contributed by atoms with Crippen LogP contribution in [-0.2, 0) is 4.79 Å². The maximum absolute atomic E-state index is 11.9. The minimum atomic E-state index is 0. The first kappa shape index (κ1) is 14.0. The summed E-state index contributed by atoms with van der Waals surface area (Å²) in [6.07, 6.45) is 2.08. The van der Waals surface area contributed by atoms with Crippen LogP contribution in [0.4, 0.5) is 5.69 Å². The number of carbonyl (C=O) groups is 1. The second kappa shape index (κ2) is 6.62. The summed E-state index contributed by atoms with van der Waals surface area (Å²) in [6.45, 7) is 3.86. The number of hydrogen-bond acceptors (Lipinski definition) is 2. The molecule has 1 aromatic carbocycles. The van der Waals surface area contributed by atoms with Crippen LogP contribution in [0.1, 0.15) is 18.4 Å². The molecule has 0 saturated carbocycles. The summed E-state index contributed by atoms with van der Waals surface area (Å²) in [4.78, 5) is 11.9. The molecule has 1 aliphatic rings. The first-order chi connectivity index (χ1) is 7.75. The van der Waals surface area contributed by atoms with Gasteiger partial charge in [0.1, 0.15) is 0 Å². The average Bonchev–Trinajstić information content (AvgIpc) is 2.30. The van der Waals surface area contributed by atoms with Gasteiger partial charge in [-0.25, -0.2) is 0 Å². The lowest BCUT2D eigenvalue weighted by Gasteiger charge is -2.21. The summed E-state index contributed by atoms with van der Waals surface area (Å²) in [5, 5.41) is 6.23. The van der Waals surface area contributed by atoms with E-state index in [2.05, 4.69) is 10.6 Å². The van der Waals surface area contributed by atoms with E-state index in [4.69, 9.17) is 0 Å². The number of rotatable bonds is 2. The van der Waals surface area contributed by atoms with Crippen molar-refractivity contribution in [1.82, 2.24) is 5.32 Å². The van der Waals surface area contributed by atoms with Gasteiger partial charge >= 0.3 is 0 Å². The van der Waals surface area contributed by atoms with Crippen molar-refractivity contribution in [3.05, 3.63) is 29.8 Å². The number of carbonyl (C=O) groups excluding carboxylic acids is 1. The molecule has 1 atom stereocenters. The Labute approximate surface area is 108 Å². The molecule has 1 fully saturated rings. The van der Waals surface area contributed by atoms with Crippen molar-refractivity contribution < 1.29 is 4.79 Å². The average molecular weight is 255 g/mol. The third kappa shape index (κ3) is 4.02. The van der Waals surface area contributed by atoms with Crippen LogP contribution in [-0.4, -0.2) is 19.0 Å². The van der Waals surface area contributed by atoms with E-state index in [-0.39, 0.29) is 24.2 Å². The fourth-order valence-electron chi connectivity index (χ4n) is 2.04. The second-order valence-electron chi connectivity index (χ2n) is 4.40. The Bertz CT molecular complexity index is 375. The number of hydrogen-bond donors (Lipinski definition) is 2. The Morgan fingerprint density at radius 2 is 2.29 bits per heavy atom. The van der Waals surface area contributed by atoms with Gasteiger partial charge in [0.05, 0.1) is 5.92 Å². The molecule has 94 valence electrons. The fourth-order valence-corrected chi connectivity index (χ4v) is 2.04. The third-order valence-corrected chi connectivity index (χ3v) is 2.95. The summed E-state index contributed by atoms with van der Waals surface area (Å²) >= 11 is 0. The highest BCUT2D eigenvalue weighted by Gasteiger charge is 2.20. The molecule has 1 unspecified atom stereocenters. The van der Waals surface area contributed by atoms with Crippen LogP contribution in [0.15, 0.2) is 24.3 Å². The summed E-state index contributed by atoms with van der Waals surface area (Å²) in [7, 11) is 0. The van der Waals surface area contributed by atoms with E-state index in [1.54, 1.807) is 0 Å². The number of halogens is 1. The van der Waals surface area contributed by atoms with Gasteiger partial charge in [0.2, 0.25) is 5.91 Å². The van der Waals surface area contributed by atoms with E-state index in [0.29, 0.717) is 0 Å². The molecule has 0 radical (unpaired) electrons. The summed E-state index contributed by atoms with van der Waals surface area (Å²) in [5.41, 5.74) is 2.06. The van der Waals surface area contributed by atoms with E-state index in [0.717, 1.165) is 31.6 Å². The predicted octanol–water partition coefficient (Wildman–Crippen LogP) is 2.35. The van der Waals surface area contributed by atoms with Crippen LogP contribution >= 0.6 is 12.4 Å². The normalized spacial score (nSPS) is 19.2. The van der Waals surface area contributed by atoms with Crippen LogP contribution in [0.2, 0.25) is 0 Å². The molecule has 0 bridgehead atoms. The maximum atomic E-state index is 11.9. The van der Waals surface area contributed by atoms with Crippen LogP contribution in [0.3, 0.4) is 0 Å². The lowest BCUT2D eigenvalue weighted by atomic mass is 9.99. The topological polar surface area (TPSA) is 41.1 Å². The summed E-state index contributed by atoms with van der Waals surface area (Å²) in [6, 6.07) is 7.91. The van der Waals surface area contributed by atoms with E-state index in [9.17, 15) is 4.79 Å². The number of nitrogens with one attached hydrogen (secondary N) is 2. The van der Waals surface area contributed by atoms with Crippen molar-refractivity contribution in [2.45, 2.75) is 19.8 Å². The first-order valence-electron chi connectivity index (χ1n) is 5.84. The predicted molar refractivity (Wildman–Crippen MR) is 72.7 cm³/mol. The van der Waals surface area contributed by atoms with Gasteiger partial charge in [0.15, 0.2) is 0 Å². The summed E-state index contributed by atoms with van der Waals surface area (Å²) in [5.74, 6) is 0.257. The minimum Gasteiger partial charge on any atom is -0.326 e. The maximum Gasteiger partial charge on any atom is 0.228 e. The molecule has 1 amide bonds. The quantitative estimate of drug-likeness (QED) is 0.851. The van der Waals surface area contributed by atoms with Gasteiger partial charge in [-0.1, -0.05) is 12.1 Å². The number of anilines is 1. The van der Waals surface area contributed by atoms with Crippen LogP contribution in [0.5, 0.6) is 0 Å². The Morgan fingerprint density at radius 1 is 1.47 bits per heavy atom. The molecule has 2 rings (SSSR count). The summed E-state index contributed by atoms with van der Waals surface area (Å²) < 4.78 is 0. The zero-order chi connectivity index (χ0) is 11.4. The number of benzene rings is 1. The van der Waals surface area contributed by atoms with Crippen molar-refractivity contribution in [3.8, 4) is 0 Å². The highest BCUT2D eigenvalue weighted by Crippen LogP contribution is 2.15. The molecule has 1 aromatic rings. The fraction of sp³-hybridized carbons (Fsp3) is 0.462. The van der Waals surface area contributed by atoms with Crippen molar-refractivity contribution in [3.63, 3.8) is 0 Å². The van der Waals surface area contributed by atoms with E-state index >= 15 is 0 Å². The van der Waals surface area contributed by atoms with Gasteiger partial charge < -0.3 is 10.6 Å². The van der Waals surface area contributed by atoms with Crippen molar-refractivity contribution in [1.29, 1.82) is 0 Å². The molecular formula is C13H19ClN2O. The largest absolute Gasteiger partial charge is 0.326 e. The minimum absolute atomic E-state index is 0. The van der Waals surface area contributed by atoms with Gasteiger partial charge in [0.25, 0.3) is 0 Å². The zero-order valence-corrected chi connectivity index (χ0v) is 10.8. The number of aryl methyl sites for hydroxylation is 1. The molecule has 4 heteroatoms. The van der Waals surface area contributed by atoms with E-state index in [1.807, 2.05) is 31.2 Å². The molecule has 2 N–H and O–H groups in total. The lowest BCUT2D eigenvalue weighted by molar-refractivity contribution is -0.120. The van der Waals surface area contributed by atoms with Crippen molar-refractivity contribution in [2.24, 2.45) is 5.92 Å².